The zero-order valence-corrected chi connectivity index (χ0v) is 10.4. The highest BCUT2D eigenvalue weighted by molar-refractivity contribution is 5.31. The van der Waals surface area contributed by atoms with Gasteiger partial charge in [-0.1, -0.05) is 0 Å². The quantitative estimate of drug-likeness (QED) is 0.515. The van der Waals surface area contributed by atoms with Crippen molar-refractivity contribution in [3.05, 3.63) is 22.7 Å². The summed E-state index contributed by atoms with van der Waals surface area (Å²) < 4.78 is 6.34. The van der Waals surface area contributed by atoms with Crippen LogP contribution in [0.25, 0.3) is 0 Å². The van der Waals surface area contributed by atoms with Gasteiger partial charge in [-0.15, -0.1) is 0 Å². The number of hydrogen-bond donors (Lipinski definition) is 4. The maximum absolute atomic E-state index is 11.8. The van der Waals surface area contributed by atoms with E-state index < -0.39 is 36.8 Å². The Bertz CT molecular complexity index is 491. The molecule has 0 spiro atoms. The third-order valence-electron chi connectivity index (χ3n) is 2.98. The van der Waals surface area contributed by atoms with Gasteiger partial charge in [0.2, 0.25) is 0 Å². The monoisotopic (exact) mass is 271 g/mol. The highest BCUT2D eigenvalue weighted by Gasteiger charge is 2.43. The zero-order valence-electron chi connectivity index (χ0n) is 10.4. The van der Waals surface area contributed by atoms with E-state index in [1.54, 1.807) is 6.07 Å². The molecule has 1 aliphatic heterocycles. The van der Waals surface area contributed by atoms with Crippen LogP contribution in [0.3, 0.4) is 0 Å². The summed E-state index contributed by atoms with van der Waals surface area (Å²) in [6.07, 6.45) is -3.08. The zero-order chi connectivity index (χ0) is 14.0. The lowest BCUT2D eigenvalue weighted by atomic mass is 10.1. The van der Waals surface area contributed by atoms with E-state index in [0.717, 1.165) is 4.57 Å². The Morgan fingerprint density at radius 1 is 1.47 bits per heavy atom. The van der Waals surface area contributed by atoms with Crippen molar-refractivity contribution in [3.63, 3.8) is 0 Å². The lowest BCUT2D eigenvalue weighted by molar-refractivity contribution is -0.0549. The molecule has 1 aromatic heterocycles. The number of aliphatic hydroxyl groups is 3. The predicted molar refractivity (Wildman–Crippen MR) is 65.7 cm³/mol. The topological polar surface area (TPSA) is 117 Å². The Morgan fingerprint density at radius 3 is 2.74 bits per heavy atom. The summed E-state index contributed by atoms with van der Waals surface area (Å²) in [5, 5.41) is 31.3. The molecule has 4 atom stereocenters. The summed E-state index contributed by atoms with van der Waals surface area (Å²) in [5.41, 5.74) is -0.603. The van der Waals surface area contributed by atoms with E-state index in [2.05, 4.69) is 10.3 Å². The lowest BCUT2D eigenvalue weighted by Crippen LogP contribution is -2.36. The number of rotatable bonds is 4. The van der Waals surface area contributed by atoms with Gasteiger partial charge in [0, 0.05) is 12.7 Å². The van der Waals surface area contributed by atoms with Crippen LogP contribution in [0.1, 0.15) is 13.2 Å². The molecule has 2 rings (SSSR count). The van der Waals surface area contributed by atoms with Crippen LogP contribution < -0.4 is 11.0 Å². The van der Waals surface area contributed by atoms with E-state index >= 15 is 0 Å². The van der Waals surface area contributed by atoms with Crippen molar-refractivity contribution in [2.75, 3.05) is 18.5 Å². The Morgan fingerprint density at radius 2 is 2.21 bits per heavy atom. The molecule has 0 amide bonds. The van der Waals surface area contributed by atoms with Crippen LogP contribution in [0.5, 0.6) is 0 Å². The fourth-order valence-corrected chi connectivity index (χ4v) is 2.00. The molecule has 19 heavy (non-hydrogen) atoms. The predicted octanol–water partition coefficient (Wildman–Crippen LogP) is -1.71. The standard InChI is InChI=1S/C11H17N3O5/c1-2-12-7-3-4-14(11(18)13-7)10-9(17)8(16)6(5-15)19-10/h3-4,6,8-10,15-17H,2,5H2,1H3,(H,12,13,18)/t6-,8?,9?,10-/m1/s1. The van der Waals surface area contributed by atoms with Gasteiger partial charge >= 0.3 is 5.69 Å². The summed E-state index contributed by atoms with van der Waals surface area (Å²) in [6, 6.07) is 1.57. The average molecular weight is 271 g/mol. The lowest BCUT2D eigenvalue weighted by Gasteiger charge is -2.17. The van der Waals surface area contributed by atoms with Crippen LogP contribution in [0.4, 0.5) is 5.82 Å². The van der Waals surface area contributed by atoms with Gasteiger partial charge in [0.05, 0.1) is 6.61 Å². The molecule has 0 bridgehead atoms. The third-order valence-corrected chi connectivity index (χ3v) is 2.98. The number of nitrogens with one attached hydrogen (secondary N) is 1. The van der Waals surface area contributed by atoms with Gasteiger partial charge < -0.3 is 25.4 Å². The molecule has 8 nitrogen and oxygen atoms in total. The highest BCUT2D eigenvalue weighted by Crippen LogP contribution is 2.27. The molecule has 2 unspecified atom stereocenters. The maximum atomic E-state index is 11.8. The summed E-state index contributed by atoms with van der Waals surface area (Å²) in [4.78, 5) is 15.6. The van der Waals surface area contributed by atoms with Gasteiger partial charge in [-0.2, -0.15) is 4.98 Å². The van der Waals surface area contributed by atoms with Crippen molar-refractivity contribution < 1.29 is 20.1 Å². The van der Waals surface area contributed by atoms with Gasteiger partial charge in [-0.3, -0.25) is 4.57 Å². The van der Waals surface area contributed by atoms with E-state index in [1.807, 2.05) is 6.92 Å². The molecule has 8 heteroatoms. The van der Waals surface area contributed by atoms with Gasteiger partial charge in [0.25, 0.3) is 0 Å². The van der Waals surface area contributed by atoms with Crippen molar-refractivity contribution in [2.45, 2.75) is 31.5 Å². The molecule has 106 valence electrons. The molecule has 0 aliphatic carbocycles. The summed E-state index contributed by atoms with van der Waals surface area (Å²) in [7, 11) is 0. The molecule has 0 saturated carbocycles. The molecule has 1 fully saturated rings. The summed E-state index contributed by atoms with van der Waals surface area (Å²) >= 11 is 0. The second kappa shape index (κ2) is 5.66. The van der Waals surface area contributed by atoms with E-state index in [9.17, 15) is 15.0 Å². The number of aromatic nitrogens is 2. The van der Waals surface area contributed by atoms with Gasteiger partial charge in [0.1, 0.15) is 24.1 Å². The van der Waals surface area contributed by atoms with Crippen molar-refractivity contribution in [1.29, 1.82) is 0 Å². The maximum Gasteiger partial charge on any atom is 0.351 e. The Kier molecular flexibility index (Phi) is 4.15. The van der Waals surface area contributed by atoms with Crippen molar-refractivity contribution >= 4 is 5.82 Å². The van der Waals surface area contributed by atoms with Crippen LogP contribution in [-0.4, -0.2) is 56.3 Å². The van der Waals surface area contributed by atoms with Crippen molar-refractivity contribution in [3.8, 4) is 0 Å². The first-order valence-electron chi connectivity index (χ1n) is 6.04. The van der Waals surface area contributed by atoms with E-state index in [0.29, 0.717) is 12.4 Å². The normalized spacial score (nSPS) is 30.5. The van der Waals surface area contributed by atoms with Crippen LogP contribution in [0.2, 0.25) is 0 Å². The van der Waals surface area contributed by atoms with Gasteiger partial charge in [-0.25, -0.2) is 4.79 Å². The van der Waals surface area contributed by atoms with Crippen LogP contribution in [0, 0.1) is 0 Å². The van der Waals surface area contributed by atoms with E-state index in [1.165, 1.54) is 6.20 Å². The molecule has 1 saturated heterocycles. The first-order chi connectivity index (χ1) is 9.08. The SMILES string of the molecule is CCNc1ccn([C@@H]2O[C@H](CO)C(O)C2O)c(=O)n1. The second-order valence-corrected chi connectivity index (χ2v) is 4.26. The number of aliphatic hydroxyl groups excluding tert-OH is 3. The molecule has 0 radical (unpaired) electrons. The Hall–Kier alpha value is -1.48. The molecule has 1 aromatic rings. The first kappa shape index (κ1) is 13.9. The minimum Gasteiger partial charge on any atom is -0.394 e. The minimum absolute atomic E-state index is 0.426. The number of hydrogen-bond acceptors (Lipinski definition) is 7. The van der Waals surface area contributed by atoms with E-state index in [4.69, 9.17) is 9.84 Å². The first-order valence-corrected chi connectivity index (χ1v) is 6.04. The minimum atomic E-state index is -1.29. The second-order valence-electron chi connectivity index (χ2n) is 4.26. The van der Waals surface area contributed by atoms with E-state index in [-0.39, 0.29) is 0 Å². The average Bonchev–Trinajstić information content (AvgIpc) is 2.67. The molecular formula is C11H17N3O5. The molecule has 1 aliphatic rings. The van der Waals surface area contributed by atoms with Crippen LogP contribution >= 0.6 is 0 Å². The fourth-order valence-electron chi connectivity index (χ4n) is 2.00. The smallest absolute Gasteiger partial charge is 0.351 e. The fraction of sp³-hybridized carbons (Fsp3) is 0.636. The number of ether oxygens (including phenoxy) is 1. The molecule has 0 aromatic carbocycles. The third kappa shape index (κ3) is 2.61. The van der Waals surface area contributed by atoms with Gasteiger partial charge in [0.15, 0.2) is 6.23 Å². The van der Waals surface area contributed by atoms with Crippen LogP contribution in [-0.2, 0) is 4.74 Å². The number of nitrogens with zero attached hydrogens (tertiary/aromatic N) is 2. The molecule has 2 heterocycles. The van der Waals surface area contributed by atoms with Crippen LogP contribution in [0.15, 0.2) is 17.1 Å². The molecule has 4 N–H and O–H groups in total. The Labute approximate surface area is 109 Å². The number of anilines is 1. The largest absolute Gasteiger partial charge is 0.394 e. The van der Waals surface area contributed by atoms with Crippen molar-refractivity contribution in [2.24, 2.45) is 0 Å². The highest BCUT2D eigenvalue weighted by atomic mass is 16.6. The van der Waals surface area contributed by atoms with Gasteiger partial charge in [-0.05, 0) is 13.0 Å². The Balaban J connectivity index is 2.25. The van der Waals surface area contributed by atoms with Crippen molar-refractivity contribution in [1.82, 2.24) is 9.55 Å². The summed E-state index contributed by atoms with van der Waals surface area (Å²) in [6.45, 7) is 2.07. The summed E-state index contributed by atoms with van der Waals surface area (Å²) in [5.74, 6) is 0.426. The molecular weight excluding hydrogens is 254 g/mol.